The maximum absolute atomic E-state index is 15.0. The van der Waals surface area contributed by atoms with Crippen molar-refractivity contribution in [2.24, 2.45) is 0 Å². The zero-order chi connectivity index (χ0) is 28.3. The minimum absolute atomic E-state index is 0.0200. The Hall–Kier alpha value is -2.91. The van der Waals surface area contributed by atoms with Crippen LogP contribution < -0.4 is 14.8 Å². The number of aryl methyl sites for hydroxylation is 1. The van der Waals surface area contributed by atoms with Crippen molar-refractivity contribution in [3.8, 4) is 11.5 Å². The molecule has 2 fully saturated rings. The van der Waals surface area contributed by atoms with Crippen LogP contribution in [0.5, 0.6) is 11.5 Å². The first-order valence-corrected chi connectivity index (χ1v) is 14.6. The smallest absolute Gasteiger partial charge is 0.325 e. The zero-order valence-electron chi connectivity index (χ0n) is 23.9. The number of unbranched alkanes of at least 4 members (excludes halogenated alkanes) is 2. The molecule has 3 aliphatic rings. The summed E-state index contributed by atoms with van der Waals surface area (Å²) in [6, 6.07) is 4.43. The highest BCUT2D eigenvalue weighted by Crippen LogP contribution is 2.49. The molecule has 0 spiro atoms. The molecule has 1 saturated heterocycles. The summed E-state index contributed by atoms with van der Waals surface area (Å²) in [6.07, 6.45) is 8.60. The second kappa shape index (κ2) is 12.3. The molecule has 2 aliphatic heterocycles. The van der Waals surface area contributed by atoms with Gasteiger partial charge in [0.2, 0.25) is 0 Å². The number of carboxylic acids is 1. The maximum atomic E-state index is 15.0. The van der Waals surface area contributed by atoms with Crippen LogP contribution in [-0.2, 0) is 27.8 Å². The molecule has 2 N–H and O–H groups in total. The van der Waals surface area contributed by atoms with Gasteiger partial charge in [-0.2, -0.15) is 0 Å². The van der Waals surface area contributed by atoms with E-state index in [-0.39, 0.29) is 17.3 Å². The number of nitrogens with one attached hydrogen (secondary N) is 1. The molecule has 3 heterocycles. The van der Waals surface area contributed by atoms with E-state index in [1.807, 2.05) is 11.0 Å². The maximum Gasteiger partial charge on any atom is 0.325 e. The van der Waals surface area contributed by atoms with Crippen molar-refractivity contribution in [1.82, 2.24) is 9.88 Å². The second-order valence-electron chi connectivity index (χ2n) is 11.6. The lowest BCUT2D eigenvalue weighted by Crippen LogP contribution is -2.34. The molecule has 2 atom stereocenters. The standard InChI is InChI=1S/C31H42FN3O5/c1-31(11-12-31)20-16-24(28(39-3)25(32)17-20)27(30(36)37)35-14-10-22(19-35)40-15-6-4-5-8-21-18-26(38-2)23-9-7-13-33-29(23)34-21/h16-18,22,27H,4-15,19H2,1-3H3,(H,33,34)(H,36,37)/t22-,27?/m1/s1. The normalized spacial score (nSPS) is 20.4. The Morgan fingerprint density at radius 3 is 2.77 bits per heavy atom. The minimum atomic E-state index is -1.00. The molecule has 0 bridgehead atoms. The number of likely N-dealkylation sites (tertiary alicyclic amines) is 1. The number of methoxy groups -OCH3 is 2. The number of anilines is 1. The van der Waals surface area contributed by atoms with Gasteiger partial charge < -0.3 is 24.6 Å². The lowest BCUT2D eigenvalue weighted by atomic mass is 9.92. The van der Waals surface area contributed by atoms with E-state index in [0.717, 1.165) is 87.2 Å². The Balaban J connectivity index is 1.11. The van der Waals surface area contributed by atoms with Crippen molar-refractivity contribution in [3.63, 3.8) is 0 Å². The van der Waals surface area contributed by atoms with E-state index < -0.39 is 17.8 Å². The number of carbonyl (C=O) groups is 1. The molecule has 1 unspecified atom stereocenters. The largest absolute Gasteiger partial charge is 0.496 e. The van der Waals surface area contributed by atoms with Gasteiger partial charge in [0.15, 0.2) is 11.6 Å². The number of benzene rings is 1. The summed E-state index contributed by atoms with van der Waals surface area (Å²) in [5.41, 5.74) is 3.38. The first kappa shape index (κ1) is 28.6. The number of halogens is 1. The van der Waals surface area contributed by atoms with Gasteiger partial charge >= 0.3 is 5.97 Å². The third-order valence-electron chi connectivity index (χ3n) is 8.73. The van der Waals surface area contributed by atoms with E-state index in [0.29, 0.717) is 25.3 Å². The van der Waals surface area contributed by atoms with Crippen LogP contribution in [0.4, 0.5) is 10.2 Å². The molecule has 0 amide bonds. The highest BCUT2D eigenvalue weighted by atomic mass is 19.1. The summed E-state index contributed by atoms with van der Waals surface area (Å²) in [4.78, 5) is 19.1. The van der Waals surface area contributed by atoms with E-state index in [1.165, 1.54) is 18.7 Å². The van der Waals surface area contributed by atoms with Crippen LogP contribution in [-0.4, -0.2) is 67.5 Å². The number of hydrogen-bond donors (Lipinski definition) is 2. The van der Waals surface area contributed by atoms with Crippen LogP contribution in [0.25, 0.3) is 0 Å². The van der Waals surface area contributed by atoms with E-state index in [9.17, 15) is 14.3 Å². The average Bonchev–Trinajstić information content (AvgIpc) is 3.54. The first-order valence-electron chi connectivity index (χ1n) is 14.6. The predicted molar refractivity (Wildman–Crippen MR) is 151 cm³/mol. The molecule has 9 heteroatoms. The molecule has 0 radical (unpaired) electrons. The van der Waals surface area contributed by atoms with E-state index in [4.69, 9.17) is 19.2 Å². The van der Waals surface area contributed by atoms with Gasteiger partial charge in [-0.15, -0.1) is 0 Å². The predicted octanol–water partition coefficient (Wildman–Crippen LogP) is 5.28. The summed E-state index contributed by atoms with van der Waals surface area (Å²) < 4.78 is 32.1. The molecule has 1 saturated carbocycles. The molecule has 1 aliphatic carbocycles. The number of rotatable bonds is 13. The van der Waals surface area contributed by atoms with Crippen LogP contribution in [0.15, 0.2) is 18.2 Å². The van der Waals surface area contributed by atoms with Crippen molar-refractivity contribution < 1.29 is 28.5 Å². The van der Waals surface area contributed by atoms with Gasteiger partial charge in [-0.1, -0.05) is 13.3 Å². The second-order valence-corrected chi connectivity index (χ2v) is 11.6. The van der Waals surface area contributed by atoms with Gasteiger partial charge in [0, 0.05) is 49.1 Å². The molecule has 40 heavy (non-hydrogen) atoms. The number of ether oxygens (including phenoxy) is 3. The Morgan fingerprint density at radius 2 is 2.05 bits per heavy atom. The molecular formula is C31H42FN3O5. The average molecular weight is 556 g/mol. The third-order valence-corrected chi connectivity index (χ3v) is 8.73. The quantitative estimate of drug-likeness (QED) is 0.323. The van der Waals surface area contributed by atoms with Gasteiger partial charge in [0.25, 0.3) is 0 Å². The van der Waals surface area contributed by atoms with Crippen LogP contribution in [0, 0.1) is 5.82 Å². The molecule has 1 aromatic heterocycles. The topological polar surface area (TPSA) is 93.2 Å². The molecule has 2 aromatic rings. The van der Waals surface area contributed by atoms with Crippen molar-refractivity contribution in [1.29, 1.82) is 0 Å². The van der Waals surface area contributed by atoms with Crippen LogP contribution in [0.3, 0.4) is 0 Å². The fraction of sp³-hybridized carbons (Fsp3) is 0.613. The van der Waals surface area contributed by atoms with Crippen molar-refractivity contribution in [2.45, 2.75) is 82.3 Å². The molecule has 8 nitrogen and oxygen atoms in total. The van der Waals surface area contributed by atoms with Crippen molar-refractivity contribution in [2.75, 3.05) is 45.8 Å². The summed E-state index contributed by atoms with van der Waals surface area (Å²) in [5, 5.41) is 13.6. The Kier molecular flexibility index (Phi) is 8.80. The van der Waals surface area contributed by atoms with Gasteiger partial charge in [-0.3, -0.25) is 9.69 Å². The van der Waals surface area contributed by atoms with E-state index >= 15 is 0 Å². The molecule has 1 aromatic carbocycles. The summed E-state index contributed by atoms with van der Waals surface area (Å²) >= 11 is 0. The van der Waals surface area contributed by atoms with Gasteiger partial charge in [-0.05, 0) is 74.5 Å². The number of hydrogen-bond acceptors (Lipinski definition) is 7. The van der Waals surface area contributed by atoms with E-state index in [1.54, 1.807) is 7.11 Å². The first-order chi connectivity index (χ1) is 19.3. The number of nitrogens with zero attached hydrogens (tertiary/aromatic N) is 2. The fourth-order valence-corrected chi connectivity index (χ4v) is 6.07. The fourth-order valence-electron chi connectivity index (χ4n) is 6.07. The number of carboxylic acid groups (broad SMARTS) is 1. The minimum Gasteiger partial charge on any atom is -0.496 e. The molecular weight excluding hydrogens is 513 g/mol. The highest BCUT2D eigenvalue weighted by molar-refractivity contribution is 5.77. The number of aliphatic carboxylic acids is 1. The lowest BCUT2D eigenvalue weighted by Gasteiger charge is -2.27. The zero-order valence-corrected chi connectivity index (χ0v) is 23.9. The van der Waals surface area contributed by atoms with Crippen LogP contribution in [0.2, 0.25) is 0 Å². The van der Waals surface area contributed by atoms with Gasteiger partial charge in [-0.25, -0.2) is 9.37 Å². The number of fused-ring (bicyclic) bond motifs is 1. The van der Waals surface area contributed by atoms with Crippen LogP contribution >= 0.6 is 0 Å². The van der Waals surface area contributed by atoms with Crippen LogP contribution in [0.1, 0.15) is 80.3 Å². The highest BCUT2D eigenvalue weighted by Gasteiger charge is 2.42. The SMILES string of the molecule is COc1cc(CCCCCO[C@@H]2CCN(C(C(=O)O)c3cc(C4(C)CC4)cc(F)c3OC)C2)nc2c1CCCN2. The van der Waals surface area contributed by atoms with Crippen molar-refractivity contribution in [3.05, 3.63) is 46.4 Å². The van der Waals surface area contributed by atoms with Gasteiger partial charge in [0.05, 0.1) is 20.3 Å². The Bertz CT molecular complexity index is 1200. The third kappa shape index (κ3) is 6.20. The summed E-state index contributed by atoms with van der Waals surface area (Å²) in [7, 11) is 3.11. The monoisotopic (exact) mass is 555 g/mol. The Morgan fingerprint density at radius 1 is 1.23 bits per heavy atom. The van der Waals surface area contributed by atoms with Crippen molar-refractivity contribution >= 4 is 11.8 Å². The van der Waals surface area contributed by atoms with E-state index in [2.05, 4.69) is 18.3 Å². The number of aromatic nitrogens is 1. The van der Waals surface area contributed by atoms with Gasteiger partial charge in [0.1, 0.15) is 17.6 Å². The summed E-state index contributed by atoms with van der Waals surface area (Å²) in [5.74, 6) is 0.408. The molecule has 218 valence electrons. The lowest BCUT2D eigenvalue weighted by molar-refractivity contribution is -0.143. The number of pyridine rings is 1. The summed E-state index contributed by atoms with van der Waals surface area (Å²) in [6.45, 7) is 4.74. The molecule has 5 rings (SSSR count). The Labute approximate surface area is 236 Å².